The number of carbonyl (C=O) groups excluding carboxylic acids is 1. The van der Waals surface area contributed by atoms with Gasteiger partial charge in [-0.05, 0) is 13.8 Å². The number of methoxy groups -OCH3 is 2. The van der Waals surface area contributed by atoms with Crippen LogP contribution in [0.3, 0.4) is 0 Å². The first-order valence-electron chi connectivity index (χ1n) is 5.38. The molecule has 1 amide bonds. The van der Waals surface area contributed by atoms with Crippen LogP contribution in [-0.4, -0.2) is 49.5 Å². The molecule has 0 radical (unpaired) electrons. The molecule has 2 N–H and O–H groups in total. The van der Waals surface area contributed by atoms with E-state index in [9.17, 15) is 9.59 Å². The quantitative estimate of drug-likeness (QED) is 0.649. The molecule has 0 rings (SSSR count). The molecule has 1 atom stereocenters. The van der Waals surface area contributed by atoms with E-state index in [0.717, 1.165) is 0 Å². The van der Waals surface area contributed by atoms with Gasteiger partial charge in [0.2, 0.25) is 5.91 Å². The fourth-order valence-corrected chi connectivity index (χ4v) is 1.20. The van der Waals surface area contributed by atoms with E-state index in [1.165, 1.54) is 14.2 Å². The van der Waals surface area contributed by atoms with E-state index in [1.807, 2.05) is 0 Å². The van der Waals surface area contributed by atoms with Gasteiger partial charge >= 0.3 is 5.97 Å². The Kier molecular flexibility index (Phi) is 6.75. The Morgan fingerprint density at radius 1 is 1.35 bits per heavy atom. The van der Waals surface area contributed by atoms with Gasteiger partial charge in [0.15, 0.2) is 0 Å². The van der Waals surface area contributed by atoms with Crippen molar-refractivity contribution in [2.45, 2.75) is 38.3 Å². The lowest BCUT2D eigenvalue weighted by atomic mass is 10.0. The van der Waals surface area contributed by atoms with Crippen LogP contribution in [0.2, 0.25) is 0 Å². The van der Waals surface area contributed by atoms with Gasteiger partial charge in [-0.2, -0.15) is 0 Å². The van der Waals surface area contributed by atoms with Crippen molar-refractivity contribution in [2.24, 2.45) is 0 Å². The van der Waals surface area contributed by atoms with Crippen LogP contribution in [0.1, 0.15) is 26.7 Å². The third-order valence-electron chi connectivity index (χ3n) is 2.38. The zero-order valence-electron chi connectivity index (χ0n) is 10.8. The molecule has 0 aromatic rings. The zero-order valence-corrected chi connectivity index (χ0v) is 10.8. The molecule has 0 aliphatic carbocycles. The SMILES string of the molecule is COCCC(NC(=O)CC(C)(C)OC)C(=O)O. The van der Waals surface area contributed by atoms with Crippen molar-refractivity contribution in [3.63, 3.8) is 0 Å². The maximum atomic E-state index is 11.6. The highest BCUT2D eigenvalue weighted by Gasteiger charge is 2.25. The second kappa shape index (κ2) is 7.24. The van der Waals surface area contributed by atoms with Gasteiger partial charge in [-0.15, -0.1) is 0 Å². The molecule has 0 aliphatic rings. The molecule has 0 spiro atoms. The van der Waals surface area contributed by atoms with Gasteiger partial charge in [-0.25, -0.2) is 4.79 Å². The molecule has 6 nitrogen and oxygen atoms in total. The number of carbonyl (C=O) groups is 2. The fourth-order valence-electron chi connectivity index (χ4n) is 1.20. The largest absolute Gasteiger partial charge is 0.480 e. The minimum absolute atomic E-state index is 0.111. The maximum absolute atomic E-state index is 11.6. The smallest absolute Gasteiger partial charge is 0.326 e. The molecule has 6 heteroatoms. The topological polar surface area (TPSA) is 84.9 Å². The fraction of sp³-hybridized carbons (Fsp3) is 0.818. The van der Waals surface area contributed by atoms with Crippen LogP contribution in [0, 0.1) is 0 Å². The van der Waals surface area contributed by atoms with Gasteiger partial charge in [0, 0.05) is 27.2 Å². The van der Waals surface area contributed by atoms with Crippen molar-refractivity contribution < 1.29 is 24.2 Å². The van der Waals surface area contributed by atoms with Crippen LogP contribution in [0.4, 0.5) is 0 Å². The summed E-state index contributed by atoms with van der Waals surface area (Å²) in [6.45, 7) is 3.81. The van der Waals surface area contributed by atoms with E-state index in [4.69, 9.17) is 14.6 Å². The molecule has 0 aromatic carbocycles. The van der Waals surface area contributed by atoms with Crippen LogP contribution in [0.25, 0.3) is 0 Å². The number of carboxylic acids is 1. The predicted octanol–water partition coefficient (Wildman–Crippen LogP) is 0.407. The van der Waals surface area contributed by atoms with E-state index in [1.54, 1.807) is 13.8 Å². The van der Waals surface area contributed by atoms with Crippen LogP contribution in [0.15, 0.2) is 0 Å². The Bertz CT molecular complexity index is 265. The lowest BCUT2D eigenvalue weighted by Gasteiger charge is -2.23. The second-order valence-corrected chi connectivity index (χ2v) is 4.38. The molecule has 0 bridgehead atoms. The highest BCUT2D eigenvalue weighted by Crippen LogP contribution is 2.12. The third kappa shape index (κ3) is 6.91. The summed E-state index contributed by atoms with van der Waals surface area (Å²) in [6.07, 6.45) is 0.352. The lowest BCUT2D eigenvalue weighted by molar-refractivity contribution is -0.143. The Balaban J connectivity index is 4.26. The predicted molar refractivity (Wildman–Crippen MR) is 61.8 cm³/mol. The maximum Gasteiger partial charge on any atom is 0.326 e. The number of amides is 1. The third-order valence-corrected chi connectivity index (χ3v) is 2.38. The summed E-state index contributed by atoms with van der Waals surface area (Å²) >= 11 is 0. The van der Waals surface area contributed by atoms with Crippen molar-refractivity contribution in [2.75, 3.05) is 20.8 Å². The Labute approximate surface area is 101 Å². The summed E-state index contributed by atoms with van der Waals surface area (Å²) in [7, 11) is 2.99. The summed E-state index contributed by atoms with van der Waals surface area (Å²) in [5, 5.41) is 11.3. The number of nitrogens with one attached hydrogen (secondary N) is 1. The summed E-state index contributed by atoms with van der Waals surface area (Å²) in [4.78, 5) is 22.5. The normalized spacial score (nSPS) is 13.2. The second-order valence-electron chi connectivity index (χ2n) is 4.38. The van der Waals surface area contributed by atoms with Gasteiger partial charge in [0.1, 0.15) is 6.04 Å². The Morgan fingerprint density at radius 3 is 2.35 bits per heavy atom. The number of rotatable bonds is 8. The Morgan fingerprint density at radius 2 is 1.94 bits per heavy atom. The summed E-state index contributed by atoms with van der Waals surface area (Å²) in [6, 6.07) is -0.921. The first-order valence-corrected chi connectivity index (χ1v) is 5.38. The molecular weight excluding hydrogens is 226 g/mol. The number of ether oxygens (including phenoxy) is 2. The van der Waals surface area contributed by atoms with E-state index < -0.39 is 17.6 Å². The molecule has 0 saturated heterocycles. The van der Waals surface area contributed by atoms with Crippen molar-refractivity contribution in [3.05, 3.63) is 0 Å². The van der Waals surface area contributed by atoms with Gasteiger partial charge in [0.05, 0.1) is 12.0 Å². The first kappa shape index (κ1) is 15.9. The lowest BCUT2D eigenvalue weighted by Crippen LogP contribution is -2.44. The highest BCUT2D eigenvalue weighted by molar-refractivity contribution is 5.83. The number of carboxylic acid groups (broad SMARTS) is 1. The minimum Gasteiger partial charge on any atom is -0.480 e. The summed E-state index contributed by atoms with van der Waals surface area (Å²) < 4.78 is 9.89. The molecule has 0 heterocycles. The standard InChI is InChI=1S/C11H21NO5/c1-11(2,17-4)7-9(13)12-8(10(14)15)5-6-16-3/h8H,5-7H2,1-4H3,(H,12,13)(H,14,15). The average molecular weight is 247 g/mol. The zero-order chi connectivity index (χ0) is 13.5. The molecular formula is C11H21NO5. The van der Waals surface area contributed by atoms with E-state index in [2.05, 4.69) is 5.32 Å². The van der Waals surface area contributed by atoms with Crippen molar-refractivity contribution in [1.29, 1.82) is 0 Å². The van der Waals surface area contributed by atoms with Crippen LogP contribution < -0.4 is 5.32 Å². The van der Waals surface area contributed by atoms with Crippen LogP contribution in [-0.2, 0) is 19.1 Å². The number of aliphatic carboxylic acids is 1. The monoisotopic (exact) mass is 247 g/mol. The highest BCUT2D eigenvalue weighted by atomic mass is 16.5. The van der Waals surface area contributed by atoms with Crippen LogP contribution in [0.5, 0.6) is 0 Å². The molecule has 100 valence electrons. The number of hydrogen-bond acceptors (Lipinski definition) is 4. The van der Waals surface area contributed by atoms with Crippen LogP contribution >= 0.6 is 0 Å². The van der Waals surface area contributed by atoms with Gasteiger partial charge in [-0.3, -0.25) is 4.79 Å². The molecule has 0 aliphatic heterocycles. The minimum atomic E-state index is -1.06. The van der Waals surface area contributed by atoms with Gasteiger partial charge in [0.25, 0.3) is 0 Å². The molecule has 1 unspecified atom stereocenters. The number of hydrogen-bond donors (Lipinski definition) is 2. The first-order chi connectivity index (χ1) is 7.82. The van der Waals surface area contributed by atoms with Gasteiger partial charge in [-0.1, -0.05) is 0 Å². The summed E-state index contributed by atoms with van der Waals surface area (Å²) in [5.74, 6) is -1.41. The molecule has 0 fully saturated rings. The van der Waals surface area contributed by atoms with Crippen molar-refractivity contribution in [3.8, 4) is 0 Å². The average Bonchev–Trinajstić information content (AvgIpc) is 2.23. The van der Waals surface area contributed by atoms with Crippen molar-refractivity contribution in [1.82, 2.24) is 5.32 Å². The van der Waals surface area contributed by atoms with Gasteiger partial charge < -0.3 is 19.9 Å². The van der Waals surface area contributed by atoms with E-state index >= 15 is 0 Å². The van der Waals surface area contributed by atoms with E-state index in [-0.39, 0.29) is 25.4 Å². The molecule has 17 heavy (non-hydrogen) atoms. The Hall–Kier alpha value is -1.14. The van der Waals surface area contributed by atoms with E-state index in [0.29, 0.717) is 0 Å². The van der Waals surface area contributed by atoms with Crippen molar-refractivity contribution >= 4 is 11.9 Å². The molecule has 0 aromatic heterocycles. The molecule has 0 saturated carbocycles. The summed E-state index contributed by atoms with van der Waals surface area (Å²) in [5.41, 5.74) is -0.603.